The number of nitrogens with one attached hydrogen (secondary N) is 1. The Morgan fingerprint density at radius 1 is 1.55 bits per heavy atom. The van der Waals surface area contributed by atoms with Crippen LogP contribution in [0, 0.1) is 0 Å². The fourth-order valence-corrected chi connectivity index (χ4v) is 1.53. The summed E-state index contributed by atoms with van der Waals surface area (Å²) in [5.41, 5.74) is 5.66. The predicted molar refractivity (Wildman–Crippen MR) is 78.0 cm³/mol. The molecule has 1 aliphatic heterocycles. The molecule has 1 heterocycles. The van der Waals surface area contributed by atoms with Gasteiger partial charge in [-0.25, -0.2) is 4.99 Å². The van der Waals surface area contributed by atoms with Crippen molar-refractivity contribution in [2.45, 2.75) is 19.2 Å². The van der Waals surface area contributed by atoms with Crippen molar-refractivity contribution < 1.29 is 22.7 Å². The molecule has 0 radical (unpaired) electrons. The van der Waals surface area contributed by atoms with E-state index in [4.69, 9.17) is 10.5 Å². The van der Waals surface area contributed by atoms with Crippen LogP contribution in [0.4, 0.5) is 13.2 Å². The van der Waals surface area contributed by atoms with Crippen molar-refractivity contribution in [1.82, 2.24) is 10.2 Å². The molecule has 1 unspecified atom stereocenters. The molecular weight excluding hydrogens is 392 g/mol. The molecule has 6 nitrogen and oxygen atoms in total. The van der Waals surface area contributed by atoms with Crippen molar-refractivity contribution in [3.8, 4) is 0 Å². The van der Waals surface area contributed by atoms with Gasteiger partial charge in [-0.15, -0.1) is 24.0 Å². The number of nitrogens with two attached hydrogens (primary N) is 1. The molecule has 0 aromatic rings. The van der Waals surface area contributed by atoms with Crippen LogP contribution in [-0.2, 0) is 9.53 Å². The predicted octanol–water partition coefficient (Wildman–Crippen LogP) is 0.318. The van der Waals surface area contributed by atoms with Gasteiger partial charge in [0.25, 0.3) is 0 Å². The minimum atomic E-state index is -4.43. The summed E-state index contributed by atoms with van der Waals surface area (Å²) in [6, 6.07) is 0. The molecule has 20 heavy (non-hydrogen) atoms. The average molecular weight is 410 g/mol. The molecule has 0 aromatic carbocycles. The topological polar surface area (TPSA) is 80.0 Å². The van der Waals surface area contributed by atoms with Gasteiger partial charge in [0.2, 0.25) is 5.91 Å². The zero-order valence-corrected chi connectivity index (χ0v) is 13.3. The summed E-state index contributed by atoms with van der Waals surface area (Å²) in [4.78, 5) is 16.6. The first-order valence-corrected chi connectivity index (χ1v) is 5.78. The lowest BCUT2D eigenvalue weighted by atomic mass is 10.3. The third-order valence-corrected chi connectivity index (χ3v) is 2.44. The molecule has 1 saturated heterocycles. The summed E-state index contributed by atoms with van der Waals surface area (Å²) in [6.07, 6.45) is -4.42. The molecule has 1 atom stereocenters. The summed E-state index contributed by atoms with van der Waals surface area (Å²) < 4.78 is 40.9. The van der Waals surface area contributed by atoms with E-state index in [1.165, 1.54) is 0 Å². The van der Waals surface area contributed by atoms with Crippen LogP contribution in [0.1, 0.15) is 6.92 Å². The Kier molecular flexibility index (Phi) is 8.16. The highest BCUT2D eigenvalue weighted by Gasteiger charge is 2.27. The molecule has 0 spiro atoms. The van der Waals surface area contributed by atoms with Crippen molar-refractivity contribution >= 4 is 35.8 Å². The van der Waals surface area contributed by atoms with Crippen molar-refractivity contribution in [1.29, 1.82) is 0 Å². The fourth-order valence-electron chi connectivity index (χ4n) is 1.53. The average Bonchev–Trinajstić information content (AvgIpc) is 2.32. The number of alkyl halides is 3. The van der Waals surface area contributed by atoms with Crippen molar-refractivity contribution in [3.05, 3.63) is 0 Å². The lowest BCUT2D eigenvalue weighted by molar-refractivity contribution is -0.137. The molecule has 1 amide bonds. The van der Waals surface area contributed by atoms with E-state index in [2.05, 4.69) is 4.99 Å². The Bertz CT molecular complexity index is 352. The van der Waals surface area contributed by atoms with E-state index in [1.807, 2.05) is 6.92 Å². The first kappa shape index (κ1) is 19.2. The zero-order valence-electron chi connectivity index (χ0n) is 10.9. The van der Waals surface area contributed by atoms with E-state index in [9.17, 15) is 18.0 Å². The van der Waals surface area contributed by atoms with Crippen molar-refractivity contribution in [2.75, 3.05) is 32.8 Å². The van der Waals surface area contributed by atoms with Crippen LogP contribution in [0.3, 0.4) is 0 Å². The van der Waals surface area contributed by atoms with Gasteiger partial charge < -0.3 is 20.7 Å². The van der Waals surface area contributed by atoms with Gasteiger partial charge in [0, 0.05) is 13.1 Å². The number of rotatable bonds is 3. The number of guanidine groups is 1. The molecule has 1 aliphatic rings. The van der Waals surface area contributed by atoms with Gasteiger partial charge in [0.1, 0.15) is 13.1 Å². The lowest BCUT2D eigenvalue weighted by Crippen LogP contribution is -2.48. The highest BCUT2D eigenvalue weighted by Crippen LogP contribution is 2.11. The van der Waals surface area contributed by atoms with Crippen LogP contribution >= 0.6 is 24.0 Å². The third-order valence-electron chi connectivity index (χ3n) is 2.44. The molecule has 1 fully saturated rings. The molecule has 3 N–H and O–H groups in total. The maximum Gasteiger partial charge on any atom is 0.405 e. The van der Waals surface area contributed by atoms with Gasteiger partial charge in [-0.05, 0) is 6.92 Å². The summed E-state index contributed by atoms with van der Waals surface area (Å²) >= 11 is 0. The first-order valence-electron chi connectivity index (χ1n) is 5.78. The SMILES string of the molecule is CC1CN(C(N)=NCC(=O)NCC(F)(F)F)CCO1.I. The Hall–Kier alpha value is -0.780. The van der Waals surface area contributed by atoms with Crippen LogP contribution in [-0.4, -0.2) is 61.8 Å². The zero-order chi connectivity index (χ0) is 14.5. The van der Waals surface area contributed by atoms with E-state index in [-0.39, 0.29) is 36.0 Å². The van der Waals surface area contributed by atoms with Gasteiger partial charge >= 0.3 is 6.18 Å². The Labute approximate surface area is 131 Å². The molecule has 0 aromatic heterocycles. The standard InChI is InChI=1S/C10H17F3N4O2.HI/c1-7-5-17(2-3-19-7)9(14)15-4-8(18)16-6-10(11,12)13;/h7H,2-6H2,1H3,(H2,14,15)(H,16,18);1H. The van der Waals surface area contributed by atoms with E-state index < -0.39 is 25.2 Å². The molecule has 0 saturated carbocycles. The molecule has 0 bridgehead atoms. The van der Waals surface area contributed by atoms with E-state index >= 15 is 0 Å². The van der Waals surface area contributed by atoms with Crippen LogP contribution < -0.4 is 11.1 Å². The maximum atomic E-state index is 11.9. The Balaban J connectivity index is 0.00000361. The number of ether oxygens (including phenoxy) is 1. The second kappa shape index (κ2) is 8.49. The molecular formula is C10H18F3IN4O2. The Morgan fingerprint density at radius 2 is 2.20 bits per heavy atom. The fraction of sp³-hybridized carbons (Fsp3) is 0.800. The summed E-state index contributed by atoms with van der Waals surface area (Å²) in [5, 5.41) is 1.72. The second-order valence-corrected chi connectivity index (χ2v) is 4.19. The number of hydrogen-bond donors (Lipinski definition) is 2. The highest BCUT2D eigenvalue weighted by atomic mass is 127. The number of halogens is 4. The van der Waals surface area contributed by atoms with E-state index in [1.54, 1.807) is 10.2 Å². The van der Waals surface area contributed by atoms with Crippen LogP contribution in [0.2, 0.25) is 0 Å². The number of morpholine rings is 1. The van der Waals surface area contributed by atoms with Gasteiger partial charge in [-0.2, -0.15) is 13.2 Å². The molecule has 0 aliphatic carbocycles. The number of hydrogen-bond acceptors (Lipinski definition) is 3. The van der Waals surface area contributed by atoms with Crippen LogP contribution in [0.5, 0.6) is 0 Å². The van der Waals surface area contributed by atoms with Gasteiger partial charge in [-0.1, -0.05) is 0 Å². The lowest BCUT2D eigenvalue weighted by Gasteiger charge is -2.31. The quantitative estimate of drug-likeness (QED) is 0.399. The monoisotopic (exact) mass is 410 g/mol. The molecule has 1 rings (SSSR count). The number of aliphatic imine (C=N–C) groups is 1. The van der Waals surface area contributed by atoms with E-state index in [0.29, 0.717) is 19.7 Å². The number of amides is 1. The summed E-state index contributed by atoms with van der Waals surface area (Å²) in [6.45, 7) is 1.67. The normalized spacial score (nSPS) is 20.3. The Morgan fingerprint density at radius 3 is 2.75 bits per heavy atom. The van der Waals surface area contributed by atoms with Gasteiger partial charge in [0.05, 0.1) is 12.7 Å². The minimum absolute atomic E-state index is 0. The maximum absolute atomic E-state index is 11.9. The van der Waals surface area contributed by atoms with Crippen LogP contribution in [0.25, 0.3) is 0 Å². The number of carbonyl (C=O) groups is 1. The highest BCUT2D eigenvalue weighted by molar-refractivity contribution is 14.0. The van der Waals surface area contributed by atoms with Gasteiger partial charge in [0.15, 0.2) is 5.96 Å². The van der Waals surface area contributed by atoms with Crippen LogP contribution in [0.15, 0.2) is 4.99 Å². The smallest absolute Gasteiger partial charge is 0.375 e. The van der Waals surface area contributed by atoms with Crippen molar-refractivity contribution in [3.63, 3.8) is 0 Å². The molecule has 118 valence electrons. The first-order chi connectivity index (χ1) is 8.78. The largest absolute Gasteiger partial charge is 0.405 e. The van der Waals surface area contributed by atoms with Crippen molar-refractivity contribution in [2.24, 2.45) is 10.7 Å². The molecule has 10 heteroatoms. The number of nitrogens with zero attached hydrogens (tertiary/aromatic N) is 2. The minimum Gasteiger partial charge on any atom is -0.375 e. The second-order valence-electron chi connectivity index (χ2n) is 4.19. The number of carbonyl (C=O) groups excluding carboxylic acids is 1. The van der Waals surface area contributed by atoms with E-state index in [0.717, 1.165) is 0 Å². The summed E-state index contributed by atoms with van der Waals surface area (Å²) in [7, 11) is 0. The summed E-state index contributed by atoms with van der Waals surface area (Å²) in [5.74, 6) is -0.682. The van der Waals surface area contributed by atoms with Gasteiger partial charge in [-0.3, -0.25) is 4.79 Å². The third kappa shape index (κ3) is 7.72.